The SMILES string of the molecule is Cc1ccc(C(=O)NNC(=O)CSc2nc3c(c(=O)[nH]2)CCCC3)cc1. The largest absolute Gasteiger partial charge is 0.301 e. The predicted octanol–water partition coefficient (Wildman–Crippen LogP) is 1.51. The zero-order valence-electron chi connectivity index (χ0n) is 14.4. The number of benzene rings is 1. The van der Waals surface area contributed by atoms with Crippen molar-refractivity contribution in [2.75, 3.05) is 5.75 Å². The lowest BCUT2D eigenvalue weighted by atomic mass is 9.97. The summed E-state index contributed by atoms with van der Waals surface area (Å²) < 4.78 is 0. The Hall–Kier alpha value is -2.61. The highest BCUT2D eigenvalue weighted by Crippen LogP contribution is 2.19. The molecule has 0 bridgehead atoms. The second-order valence-corrected chi connectivity index (χ2v) is 7.12. The minimum Gasteiger partial charge on any atom is -0.301 e. The van der Waals surface area contributed by atoms with Gasteiger partial charge in [-0.05, 0) is 44.7 Å². The van der Waals surface area contributed by atoms with Crippen LogP contribution in [0.1, 0.15) is 40.0 Å². The number of hydrogen-bond donors (Lipinski definition) is 3. The number of carbonyl (C=O) groups is 2. The van der Waals surface area contributed by atoms with E-state index in [1.54, 1.807) is 12.1 Å². The Morgan fingerprint density at radius 3 is 2.65 bits per heavy atom. The van der Waals surface area contributed by atoms with E-state index in [-0.39, 0.29) is 23.1 Å². The van der Waals surface area contributed by atoms with Crippen LogP contribution < -0.4 is 16.4 Å². The molecule has 1 aromatic heterocycles. The van der Waals surface area contributed by atoms with Crippen molar-refractivity contribution in [2.45, 2.75) is 37.8 Å². The summed E-state index contributed by atoms with van der Waals surface area (Å²) >= 11 is 1.13. The fraction of sp³-hybridized carbons (Fsp3) is 0.333. The Morgan fingerprint density at radius 2 is 1.88 bits per heavy atom. The molecule has 2 amide bonds. The summed E-state index contributed by atoms with van der Waals surface area (Å²) in [6.45, 7) is 1.93. The molecule has 0 radical (unpaired) electrons. The van der Waals surface area contributed by atoms with Crippen LogP contribution >= 0.6 is 11.8 Å². The number of aromatic amines is 1. The summed E-state index contributed by atoms with van der Waals surface area (Å²) in [5, 5.41) is 0.427. The fourth-order valence-electron chi connectivity index (χ4n) is 2.72. The Kier molecular flexibility index (Phi) is 5.72. The lowest BCUT2D eigenvalue weighted by Crippen LogP contribution is -2.42. The Labute approximate surface area is 155 Å². The number of fused-ring (bicyclic) bond motifs is 1. The van der Waals surface area contributed by atoms with Gasteiger partial charge in [-0.1, -0.05) is 29.5 Å². The fourth-order valence-corrected chi connectivity index (χ4v) is 3.40. The molecule has 136 valence electrons. The van der Waals surface area contributed by atoms with Gasteiger partial charge in [-0.3, -0.25) is 25.2 Å². The zero-order chi connectivity index (χ0) is 18.5. The second kappa shape index (κ2) is 8.18. The summed E-state index contributed by atoms with van der Waals surface area (Å²) in [6, 6.07) is 7.02. The van der Waals surface area contributed by atoms with Crippen molar-refractivity contribution < 1.29 is 9.59 Å². The summed E-state index contributed by atoms with van der Waals surface area (Å²) in [5.74, 6) is -0.727. The van der Waals surface area contributed by atoms with E-state index in [9.17, 15) is 14.4 Å². The average molecular weight is 372 g/mol. The van der Waals surface area contributed by atoms with E-state index in [2.05, 4.69) is 20.8 Å². The van der Waals surface area contributed by atoms with Gasteiger partial charge in [0.25, 0.3) is 11.5 Å². The molecule has 0 unspecified atom stereocenters. The van der Waals surface area contributed by atoms with Crippen LogP contribution in [0.5, 0.6) is 0 Å². The van der Waals surface area contributed by atoms with Gasteiger partial charge in [-0.2, -0.15) is 0 Å². The maximum absolute atomic E-state index is 12.1. The van der Waals surface area contributed by atoms with E-state index >= 15 is 0 Å². The van der Waals surface area contributed by atoms with Crippen LogP contribution in [0.2, 0.25) is 0 Å². The van der Waals surface area contributed by atoms with E-state index in [0.717, 1.165) is 54.3 Å². The topological polar surface area (TPSA) is 104 Å². The molecule has 1 aromatic carbocycles. The number of thioether (sulfide) groups is 1. The highest BCUT2D eigenvalue weighted by Gasteiger charge is 2.16. The minimum atomic E-state index is -0.385. The molecule has 0 spiro atoms. The molecule has 3 N–H and O–H groups in total. The van der Waals surface area contributed by atoms with Gasteiger partial charge in [-0.15, -0.1) is 0 Å². The Morgan fingerprint density at radius 1 is 1.15 bits per heavy atom. The normalized spacial score (nSPS) is 13.0. The number of rotatable bonds is 4. The first-order valence-corrected chi connectivity index (χ1v) is 9.42. The molecule has 2 aromatic rings. The molecule has 8 heteroatoms. The first-order valence-electron chi connectivity index (χ1n) is 8.43. The van der Waals surface area contributed by atoms with Crippen LogP contribution in [-0.2, 0) is 17.6 Å². The van der Waals surface area contributed by atoms with Gasteiger partial charge in [0.15, 0.2) is 5.16 Å². The van der Waals surface area contributed by atoms with Gasteiger partial charge in [0.05, 0.1) is 11.4 Å². The second-order valence-electron chi connectivity index (χ2n) is 6.16. The van der Waals surface area contributed by atoms with Crippen molar-refractivity contribution in [3.63, 3.8) is 0 Å². The lowest BCUT2D eigenvalue weighted by Gasteiger charge is -2.14. The van der Waals surface area contributed by atoms with Crippen LogP contribution in [0.4, 0.5) is 0 Å². The molecule has 0 atom stereocenters. The zero-order valence-corrected chi connectivity index (χ0v) is 15.2. The van der Waals surface area contributed by atoms with Crippen molar-refractivity contribution in [1.82, 2.24) is 20.8 Å². The number of hydrazine groups is 1. The van der Waals surface area contributed by atoms with Crippen molar-refractivity contribution in [3.8, 4) is 0 Å². The standard InChI is InChI=1S/C18H20N4O3S/c1-11-6-8-12(9-7-11)16(24)22-21-15(23)10-26-18-19-14-5-3-2-4-13(14)17(25)20-18/h6-9H,2-5,10H2,1H3,(H,21,23)(H,22,24)(H,19,20,25). The quantitative estimate of drug-likeness (QED) is 0.429. The van der Waals surface area contributed by atoms with Gasteiger partial charge in [0.1, 0.15) is 0 Å². The molecule has 0 saturated carbocycles. The van der Waals surface area contributed by atoms with Crippen LogP contribution in [0.25, 0.3) is 0 Å². The number of carbonyl (C=O) groups excluding carboxylic acids is 2. The van der Waals surface area contributed by atoms with Gasteiger partial charge in [0.2, 0.25) is 5.91 Å². The molecule has 7 nitrogen and oxygen atoms in total. The molecular formula is C18H20N4O3S. The van der Waals surface area contributed by atoms with Gasteiger partial charge >= 0.3 is 0 Å². The molecule has 0 aliphatic heterocycles. The van der Waals surface area contributed by atoms with Crippen LogP contribution in [0.15, 0.2) is 34.2 Å². The van der Waals surface area contributed by atoms with Gasteiger partial charge < -0.3 is 4.98 Å². The van der Waals surface area contributed by atoms with Gasteiger partial charge in [-0.25, -0.2) is 4.98 Å². The molecule has 0 fully saturated rings. The predicted molar refractivity (Wildman–Crippen MR) is 99.0 cm³/mol. The summed E-state index contributed by atoms with van der Waals surface area (Å²) in [5.41, 5.74) is 7.72. The van der Waals surface area contributed by atoms with E-state index in [1.165, 1.54) is 0 Å². The number of amides is 2. The maximum atomic E-state index is 12.1. The van der Waals surface area contributed by atoms with E-state index in [1.807, 2.05) is 19.1 Å². The highest BCUT2D eigenvalue weighted by atomic mass is 32.2. The summed E-state index contributed by atoms with van der Waals surface area (Å²) in [6.07, 6.45) is 3.59. The summed E-state index contributed by atoms with van der Waals surface area (Å²) in [4.78, 5) is 43.1. The number of hydrogen-bond acceptors (Lipinski definition) is 5. The van der Waals surface area contributed by atoms with Crippen LogP contribution in [0.3, 0.4) is 0 Å². The highest BCUT2D eigenvalue weighted by molar-refractivity contribution is 7.99. The Balaban J connectivity index is 1.51. The van der Waals surface area contributed by atoms with E-state index in [0.29, 0.717) is 10.7 Å². The molecule has 1 heterocycles. The van der Waals surface area contributed by atoms with Crippen molar-refractivity contribution >= 4 is 23.6 Å². The molecular weight excluding hydrogens is 352 g/mol. The summed E-state index contributed by atoms with van der Waals surface area (Å²) in [7, 11) is 0. The number of aryl methyl sites for hydroxylation is 2. The van der Waals surface area contributed by atoms with Crippen molar-refractivity contribution in [3.05, 3.63) is 57.0 Å². The number of nitrogens with zero attached hydrogens (tertiary/aromatic N) is 1. The smallest absolute Gasteiger partial charge is 0.269 e. The van der Waals surface area contributed by atoms with Gasteiger partial charge in [0, 0.05) is 11.1 Å². The van der Waals surface area contributed by atoms with E-state index in [4.69, 9.17) is 0 Å². The molecule has 26 heavy (non-hydrogen) atoms. The minimum absolute atomic E-state index is 0.0376. The van der Waals surface area contributed by atoms with Crippen molar-refractivity contribution in [1.29, 1.82) is 0 Å². The van der Waals surface area contributed by atoms with Crippen LogP contribution in [-0.4, -0.2) is 27.5 Å². The third-order valence-corrected chi connectivity index (χ3v) is 5.01. The third kappa shape index (κ3) is 4.51. The molecule has 0 saturated heterocycles. The van der Waals surface area contributed by atoms with E-state index < -0.39 is 0 Å². The maximum Gasteiger partial charge on any atom is 0.269 e. The number of nitrogens with one attached hydrogen (secondary N) is 3. The average Bonchev–Trinajstić information content (AvgIpc) is 2.65. The Bertz CT molecular complexity index is 877. The number of H-pyrrole nitrogens is 1. The van der Waals surface area contributed by atoms with Crippen LogP contribution in [0, 0.1) is 6.92 Å². The molecule has 3 rings (SSSR count). The third-order valence-electron chi connectivity index (χ3n) is 4.14. The molecule has 1 aliphatic rings. The monoisotopic (exact) mass is 372 g/mol. The lowest BCUT2D eigenvalue weighted by molar-refractivity contribution is -0.119. The number of aromatic nitrogens is 2. The first-order chi connectivity index (χ1) is 12.5. The van der Waals surface area contributed by atoms with Crippen molar-refractivity contribution in [2.24, 2.45) is 0 Å². The first kappa shape index (κ1) is 18.2. The molecule has 1 aliphatic carbocycles.